The first kappa shape index (κ1) is 27.7. The minimum absolute atomic E-state index is 0.0472. The molecular formula is C46H38N2. The van der Waals surface area contributed by atoms with E-state index in [1.54, 1.807) is 0 Å². The van der Waals surface area contributed by atoms with Gasteiger partial charge in [-0.15, -0.1) is 0 Å². The first-order valence-corrected chi connectivity index (χ1v) is 17.3. The fourth-order valence-corrected chi connectivity index (χ4v) is 9.28. The molecule has 6 aromatic rings. The van der Waals surface area contributed by atoms with Crippen LogP contribution in [0.25, 0.3) is 21.9 Å². The average molecular weight is 619 g/mol. The van der Waals surface area contributed by atoms with Crippen molar-refractivity contribution < 1.29 is 0 Å². The quantitative estimate of drug-likeness (QED) is 0.195. The van der Waals surface area contributed by atoms with Crippen molar-refractivity contribution in [3.63, 3.8) is 0 Å². The highest BCUT2D eigenvalue weighted by atomic mass is 15.2. The molecule has 0 fully saturated rings. The number of para-hydroxylation sites is 1. The van der Waals surface area contributed by atoms with Crippen LogP contribution in [-0.2, 0) is 10.8 Å². The fraction of sp³-hybridized carbons (Fsp3) is 0.174. The third-order valence-electron chi connectivity index (χ3n) is 11.7. The fourth-order valence-electron chi connectivity index (χ4n) is 9.28. The zero-order chi connectivity index (χ0) is 32.4. The Morgan fingerprint density at radius 3 is 2.10 bits per heavy atom. The van der Waals surface area contributed by atoms with Crippen molar-refractivity contribution in [3.8, 4) is 11.1 Å². The molecule has 2 heteroatoms. The van der Waals surface area contributed by atoms with Crippen LogP contribution in [-0.4, -0.2) is 0 Å². The number of hydrogen-bond acceptors (Lipinski definition) is 2. The molecule has 2 nitrogen and oxygen atoms in total. The van der Waals surface area contributed by atoms with Crippen molar-refractivity contribution >= 4 is 39.2 Å². The Labute approximate surface area is 283 Å². The van der Waals surface area contributed by atoms with Crippen LogP contribution in [0.3, 0.4) is 0 Å². The van der Waals surface area contributed by atoms with Crippen LogP contribution in [0.4, 0.5) is 28.4 Å². The Hall–Kier alpha value is -5.34. The van der Waals surface area contributed by atoms with E-state index < -0.39 is 0 Å². The molecule has 10 rings (SSSR count). The second kappa shape index (κ2) is 9.61. The summed E-state index contributed by atoms with van der Waals surface area (Å²) in [6.07, 6.45) is 5.82. The van der Waals surface area contributed by atoms with Gasteiger partial charge in [0.25, 0.3) is 0 Å². The lowest BCUT2D eigenvalue weighted by Gasteiger charge is -2.42. The summed E-state index contributed by atoms with van der Waals surface area (Å²) in [6, 6.07) is 47.8. The minimum atomic E-state index is -0.0740. The van der Waals surface area contributed by atoms with E-state index in [4.69, 9.17) is 0 Å². The van der Waals surface area contributed by atoms with Crippen LogP contribution in [0, 0.1) is 0 Å². The zero-order valence-electron chi connectivity index (χ0n) is 28.0. The van der Waals surface area contributed by atoms with E-state index in [9.17, 15) is 0 Å². The molecule has 0 N–H and O–H groups in total. The molecule has 0 bridgehead atoms. The van der Waals surface area contributed by atoms with Crippen molar-refractivity contribution in [2.45, 2.75) is 50.9 Å². The summed E-state index contributed by atoms with van der Waals surface area (Å²) in [5.74, 6) is 0.333. The second-order valence-electron chi connectivity index (χ2n) is 15.0. The normalized spacial score (nSPS) is 18.7. The molecule has 0 saturated heterocycles. The van der Waals surface area contributed by atoms with Gasteiger partial charge in [-0.25, -0.2) is 0 Å². The molecule has 48 heavy (non-hydrogen) atoms. The first-order valence-electron chi connectivity index (χ1n) is 17.3. The van der Waals surface area contributed by atoms with Crippen LogP contribution in [0.2, 0.25) is 0 Å². The van der Waals surface area contributed by atoms with Crippen molar-refractivity contribution in [1.82, 2.24) is 0 Å². The molecule has 2 heterocycles. The van der Waals surface area contributed by atoms with E-state index in [2.05, 4.69) is 177 Å². The Morgan fingerprint density at radius 1 is 0.562 bits per heavy atom. The van der Waals surface area contributed by atoms with Gasteiger partial charge in [-0.1, -0.05) is 119 Å². The smallest absolute Gasteiger partial charge is 0.0499 e. The molecule has 1 unspecified atom stereocenters. The largest absolute Gasteiger partial charge is 0.313 e. The van der Waals surface area contributed by atoms with E-state index in [0.29, 0.717) is 5.92 Å². The topological polar surface area (TPSA) is 6.48 Å². The third-order valence-corrected chi connectivity index (χ3v) is 11.7. The summed E-state index contributed by atoms with van der Waals surface area (Å²) in [7, 11) is 0. The highest BCUT2D eigenvalue weighted by molar-refractivity contribution is 5.92. The summed E-state index contributed by atoms with van der Waals surface area (Å²) < 4.78 is 0. The van der Waals surface area contributed by atoms with Gasteiger partial charge < -0.3 is 9.80 Å². The Balaban J connectivity index is 1.18. The van der Waals surface area contributed by atoms with Gasteiger partial charge in [0.15, 0.2) is 0 Å². The molecule has 0 spiro atoms. The predicted molar refractivity (Wildman–Crippen MR) is 201 cm³/mol. The summed E-state index contributed by atoms with van der Waals surface area (Å²) >= 11 is 0. The average Bonchev–Trinajstić information content (AvgIpc) is 3.56. The summed E-state index contributed by atoms with van der Waals surface area (Å²) in [5.41, 5.74) is 17.3. The van der Waals surface area contributed by atoms with E-state index in [1.807, 2.05) is 0 Å². The van der Waals surface area contributed by atoms with Gasteiger partial charge in [-0.2, -0.15) is 0 Å². The zero-order valence-corrected chi connectivity index (χ0v) is 28.0. The van der Waals surface area contributed by atoms with Gasteiger partial charge in [0.2, 0.25) is 0 Å². The van der Waals surface area contributed by atoms with Crippen molar-refractivity contribution in [1.29, 1.82) is 0 Å². The number of rotatable bonds is 3. The molecule has 0 aromatic heterocycles. The van der Waals surface area contributed by atoms with Crippen LogP contribution in [0.5, 0.6) is 0 Å². The molecule has 4 aliphatic rings. The van der Waals surface area contributed by atoms with E-state index in [-0.39, 0.29) is 10.8 Å². The van der Waals surface area contributed by atoms with Crippen molar-refractivity contribution in [2.75, 3.05) is 9.80 Å². The van der Waals surface area contributed by atoms with Crippen LogP contribution in [0.15, 0.2) is 151 Å². The molecule has 232 valence electrons. The van der Waals surface area contributed by atoms with Gasteiger partial charge in [0, 0.05) is 50.9 Å². The number of nitrogens with zero attached hydrogens (tertiary/aromatic N) is 2. The molecule has 0 radical (unpaired) electrons. The van der Waals surface area contributed by atoms with Crippen LogP contribution < -0.4 is 9.80 Å². The Morgan fingerprint density at radius 2 is 1.23 bits per heavy atom. The monoisotopic (exact) mass is 618 g/mol. The molecule has 6 aromatic carbocycles. The highest BCUT2D eigenvalue weighted by Gasteiger charge is 2.46. The molecule has 2 aliphatic heterocycles. The van der Waals surface area contributed by atoms with E-state index >= 15 is 0 Å². The predicted octanol–water partition coefficient (Wildman–Crippen LogP) is 12.4. The Bertz CT molecular complexity index is 2400. The van der Waals surface area contributed by atoms with Crippen LogP contribution in [0.1, 0.15) is 62.3 Å². The SMILES string of the molecule is CC1(C)C2=C3C(CC=C2)c2cc(N(c4ccc5c(c4)C(C)(C)c4ccccc4-5)c4ccc5ccccc5c4)ccc2N3c2ccccc21. The van der Waals surface area contributed by atoms with Gasteiger partial charge >= 0.3 is 0 Å². The lowest BCUT2D eigenvalue weighted by Crippen LogP contribution is -2.33. The summed E-state index contributed by atoms with van der Waals surface area (Å²) in [5, 5.41) is 2.51. The number of benzene rings is 6. The molecule has 2 aliphatic carbocycles. The number of anilines is 5. The van der Waals surface area contributed by atoms with Gasteiger partial charge in [0.1, 0.15) is 0 Å². The second-order valence-corrected chi connectivity index (χ2v) is 15.0. The van der Waals surface area contributed by atoms with Crippen molar-refractivity contribution in [3.05, 3.63) is 173 Å². The van der Waals surface area contributed by atoms with E-state index in [1.165, 1.54) is 83.9 Å². The molecule has 1 atom stereocenters. The molecular weight excluding hydrogens is 581 g/mol. The van der Waals surface area contributed by atoms with E-state index in [0.717, 1.165) is 6.42 Å². The maximum Gasteiger partial charge on any atom is 0.0499 e. The maximum atomic E-state index is 2.57. The van der Waals surface area contributed by atoms with Gasteiger partial charge in [0.05, 0.1) is 0 Å². The van der Waals surface area contributed by atoms with Crippen LogP contribution >= 0.6 is 0 Å². The number of hydrogen-bond donors (Lipinski definition) is 0. The first-order chi connectivity index (χ1) is 23.3. The van der Waals surface area contributed by atoms with Gasteiger partial charge in [-0.3, -0.25) is 0 Å². The standard InChI is InChI=1S/C46H38N2/c1-45(2)38-16-8-7-14-34(38)35-24-22-33(28-41(35)45)47(31-21-20-29-12-5-6-13-30(29)26-31)32-23-25-42-37(27-32)36-15-11-18-40-44(36)48(42)43-19-10-9-17-39(43)46(40,3)4/h5-14,16-28,36H,15H2,1-4H3. The van der Waals surface area contributed by atoms with Gasteiger partial charge in [-0.05, 0) is 105 Å². The number of allylic oxidation sites excluding steroid dienone is 4. The lowest BCUT2D eigenvalue weighted by atomic mass is 9.70. The third kappa shape index (κ3) is 3.63. The summed E-state index contributed by atoms with van der Waals surface area (Å²) in [4.78, 5) is 5.05. The summed E-state index contributed by atoms with van der Waals surface area (Å²) in [6.45, 7) is 9.52. The van der Waals surface area contributed by atoms with Crippen molar-refractivity contribution in [2.24, 2.45) is 0 Å². The minimum Gasteiger partial charge on any atom is -0.313 e. The molecule has 0 amide bonds. The molecule has 0 saturated carbocycles. The lowest BCUT2D eigenvalue weighted by molar-refractivity contribution is 0.598. The Kier molecular flexibility index (Phi) is 5.55. The number of fused-ring (bicyclic) bond motifs is 9. The maximum absolute atomic E-state index is 2.57. The highest BCUT2D eigenvalue weighted by Crippen LogP contribution is 2.60.